The molecule has 0 fully saturated rings. The molecule has 3 rings (SSSR count). The zero-order chi connectivity index (χ0) is 20.6. The molecular weight excluding hydrogens is 372 g/mol. The molecule has 0 aromatic heterocycles. The van der Waals surface area contributed by atoms with E-state index in [4.69, 9.17) is 9.47 Å². The molecule has 0 heterocycles. The summed E-state index contributed by atoms with van der Waals surface area (Å²) in [5.41, 5.74) is 2.57. The third kappa shape index (κ3) is 5.70. The summed E-state index contributed by atoms with van der Waals surface area (Å²) in [5, 5.41) is 24.3. The minimum absolute atomic E-state index is 0.0607. The fraction of sp³-hybridized carbons (Fsp3) is 0.182. The van der Waals surface area contributed by atoms with Crippen LogP contribution in [0.3, 0.4) is 0 Å². The monoisotopic (exact) mass is 394 g/mol. The third-order valence-electron chi connectivity index (χ3n) is 4.39. The molecule has 0 bridgehead atoms. The summed E-state index contributed by atoms with van der Waals surface area (Å²) in [7, 11) is 1.62. The van der Waals surface area contributed by atoms with Crippen LogP contribution in [0, 0.1) is 10.1 Å². The molecule has 150 valence electrons. The van der Waals surface area contributed by atoms with Gasteiger partial charge in [-0.15, -0.1) is 0 Å². The maximum atomic E-state index is 10.8. The molecule has 0 aliphatic carbocycles. The van der Waals surface area contributed by atoms with Crippen molar-refractivity contribution in [3.63, 3.8) is 0 Å². The van der Waals surface area contributed by atoms with Crippen LogP contribution in [-0.2, 0) is 19.7 Å². The van der Waals surface area contributed by atoms with Crippen LogP contribution in [-0.4, -0.2) is 17.1 Å². The number of methoxy groups -OCH3 is 1. The van der Waals surface area contributed by atoms with Gasteiger partial charge in [0, 0.05) is 36.9 Å². The number of nitrogens with one attached hydrogen (secondary N) is 1. The maximum absolute atomic E-state index is 10.8. The van der Waals surface area contributed by atoms with Gasteiger partial charge < -0.3 is 19.9 Å². The number of phenolic OH excluding ortho intramolecular Hbond substituents is 1. The number of benzene rings is 3. The molecule has 3 aromatic carbocycles. The Labute approximate surface area is 168 Å². The van der Waals surface area contributed by atoms with Gasteiger partial charge in [0.25, 0.3) is 5.69 Å². The van der Waals surface area contributed by atoms with Crippen molar-refractivity contribution < 1.29 is 19.5 Å². The first kappa shape index (κ1) is 20.2. The first-order chi connectivity index (χ1) is 14.0. The van der Waals surface area contributed by atoms with Crippen LogP contribution in [0.5, 0.6) is 17.2 Å². The summed E-state index contributed by atoms with van der Waals surface area (Å²) in [6.07, 6.45) is 0. The lowest BCUT2D eigenvalue weighted by Crippen LogP contribution is -2.13. The highest BCUT2D eigenvalue weighted by Crippen LogP contribution is 2.25. The van der Waals surface area contributed by atoms with Gasteiger partial charge in [-0.2, -0.15) is 0 Å². The van der Waals surface area contributed by atoms with Crippen molar-refractivity contribution in [3.05, 3.63) is 93.5 Å². The van der Waals surface area contributed by atoms with E-state index in [0.717, 1.165) is 16.9 Å². The zero-order valence-corrected chi connectivity index (χ0v) is 16.0. The fourth-order valence-corrected chi connectivity index (χ4v) is 2.79. The van der Waals surface area contributed by atoms with Crippen LogP contribution in [0.25, 0.3) is 0 Å². The van der Waals surface area contributed by atoms with Gasteiger partial charge in [0.05, 0.1) is 12.0 Å². The van der Waals surface area contributed by atoms with E-state index in [0.29, 0.717) is 31.0 Å². The lowest BCUT2D eigenvalue weighted by atomic mass is 10.1. The normalized spacial score (nSPS) is 10.5. The Morgan fingerprint density at radius 2 is 1.72 bits per heavy atom. The summed E-state index contributed by atoms with van der Waals surface area (Å²) >= 11 is 0. The van der Waals surface area contributed by atoms with E-state index in [1.807, 2.05) is 30.3 Å². The highest BCUT2D eigenvalue weighted by Gasteiger charge is 2.07. The predicted octanol–water partition coefficient (Wildman–Crippen LogP) is 4.18. The summed E-state index contributed by atoms with van der Waals surface area (Å²) in [6, 6.07) is 19.2. The molecule has 7 nitrogen and oxygen atoms in total. The third-order valence-corrected chi connectivity index (χ3v) is 4.39. The molecule has 3 aromatic rings. The number of ether oxygens (including phenoxy) is 2. The Bertz CT molecular complexity index is 973. The number of nitrogens with zero attached hydrogens (tertiary/aromatic N) is 1. The summed E-state index contributed by atoms with van der Waals surface area (Å²) in [6.45, 7) is 1.26. The number of hydrogen-bond acceptors (Lipinski definition) is 6. The van der Waals surface area contributed by atoms with Crippen molar-refractivity contribution in [2.75, 3.05) is 7.11 Å². The minimum atomic E-state index is -0.417. The van der Waals surface area contributed by atoms with E-state index in [1.165, 1.54) is 12.1 Å². The number of aromatic hydroxyl groups is 1. The fourth-order valence-electron chi connectivity index (χ4n) is 2.79. The SMILES string of the molecule is COc1ccc(COc2ccc(CNCc3cccc([N+](=O)[O-])c3)c(O)c2)cc1. The van der Waals surface area contributed by atoms with E-state index in [-0.39, 0.29) is 11.4 Å². The molecule has 0 amide bonds. The second-order valence-electron chi connectivity index (χ2n) is 6.46. The second-order valence-corrected chi connectivity index (χ2v) is 6.46. The minimum Gasteiger partial charge on any atom is -0.507 e. The van der Waals surface area contributed by atoms with Gasteiger partial charge in [0.1, 0.15) is 23.9 Å². The molecule has 0 aliphatic rings. The first-order valence-corrected chi connectivity index (χ1v) is 9.07. The summed E-state index contributed by atoms with van der Waals surface area (Å²) in [4.78, 5) is 10.4. The van der Waals surface area contributed by atoms with Crippen LogP contribution < -0.4 is 14.8 Å². The number of hydrogen-bond donors (Lipinski definition) is 2. The van der Waals surface area contributed by atoms with Crippen molar-refractivity contribution in [2.24, 2.45) is 0 Å². The quantitative estimate of drug-likeness (QED) is 0.418. The molecule has 0 saturated carbocycles. The van der Waals surface area contributed by atoms with Gasteiger partial charge >= 0.3 is 0 Å². The van der Waals surface area contributed by atoms with E-state index >= 15 is 0 Å². The van der Waals surface area contributed by atoms with Crippen LogP contribution in [0.2, 0.25) is 0 Å². The smallest absolute Gasteiger partial charge is 0.269 e. The van der Waals surface area contributed by atoms with Gasteiger partial charge in [-0.1, -0.05) is 30.3 Å². The number of non-ortho nitro benzene ring substituents is 1. The Morgan fingerprint density at radius 3 is 2.41 bits per heavy atom. The molecule has 0 aliphatic heterocycles. The molecule has 0 spiro atoms. The van der Waals surface area contributed by atoms with Crippen molar-refractivity contribution in [2.45, 2.75) is 19.7 Å². The highest BCUT2D eigenvalue weighted by atomic mass is 16.6. The van der Waals surface area contributed by atoms with Gasteiger partial charge in [-0.05, 0) is 29.3 Å². The van der Waals surface area contributed by atoms with Crippen LogP contribution in [0.1, 0.15) is 16.7 Å². The number of phenols is 1. The second kappa shape index (κ2) is 9.57. The van der Waals surface area contributed by atoms with Gasteiger partial charge in [-0.3, -0.25) is 10.1 Å². The van der Waals surface area contributed by atoms with E-state index < -0.39 is 4.92 Å². The van der Waals surface area contributed by atoms with Crippen LogP contribution >= 0.6 is 0 Å². The van der Waals surface area contributed by atoms with E-state index in [1.54, 1.807) is 31.4 Å². The van der Waals surface area contributed by atoms with Crippen LogP contribution in [0.4, 0.5) is 5.69 Å². The van der Waals surface area contributed by atoms with Crippen molar-refractivity contribution in [1.82, 2.24) is 5.32 Å². The number of nitro benzene ring substituents is 1. The summed E-state index contributed by atoms with van der Waals surface area (Å²) < 4.78 is 10.9. The lowest BCUT2D eigenvalue weighted by molar-refractivity contribution is -0.384. The lowest BCUT2D eigenvalue weighted by Gasteiger charge is -2.11. The van der Waals surface area contributed by atoms with Gasteiger partial charge in [-0.25, -0.2) is 0 Å². The zero-order valence-electron chi connectivity index (χ0n) is 16.0. The average molecular weight is 394 g/mol. The Morgan fingerprint density at radius 1 is 0.966 bits per heavy atom. The number of nitro groups is 1. The maximum Gasteiger partial charge on any atom is 0.269 e. The molecule has 0 atom stereocenters. The van der Waals surface area contributed by atoms with Crippen molar-refractivity contribution in [3.8, 4) is 17.2 Å². The standard InChI is InChI=1S/C22H22N2O5/c1-28-20-8-5-16(6-9-20)15-29-21-10-7-18(22(25)12-21)14-23-13-17-3-2-4-19(11-17)24(26)27/h2-12,23,25H,13-15H2,1H3. The van der Waals surface area contributed by atoms with E-state index in [2.05, 4.69) is 5.32 Å². The van der Waals surface area contributed by atoms with Crippen molar-refractivity contribution >= 4 is 5.69 Å². The van der Waals surface area contributed by atoms with Crippen LogP contribution in [0.15, 0.2) is 66.7 Å². The van der Waals surface area contributed by atoms with Gasteiger partial charge in [0.15, 0.2) is 0 Å². The Hall–Kier alpha value is -3.58. The predicted molar refractivity (Wildman–Crippen MR) is 109 cm³/mol. The Kier molecular flexibility index (Phi) is 6.65. The van der Waals surface area contributed by atoms with Crippen molar-refractivity contribution in [1.29, 1.82) is 0 Å². The van der Waals surface area contributed by atoms with Gasteiger partial charge in [0.2, 0.25) is 0 Å². The average Bonchev–Trinajstić information content (AvgIpc) is 2.74. The van der Waals surface area contributed by atoms with E-state index in [9.17, 15) is 15.2 Å². The molecule has 7 heteroatoms. The molecule has 0 radical (unpaired) electrons. The topological polar surface area (TPSA) is 93.9 Å². The summed E-state index contributed by atoms with van der Waals surface area (Å²) in [5.74, 6) is 1.48. The molecule has 2 N–H and O–H groups in total. The molecule has 0 unspecified atom stereocenters. The molecular formula is C22H22N2O5. The Balaban J connectivity index is 1.52. The first-order valence-electron chi connectivity index (χ1n) is 9.07. The highest BCUT2D eigenvalue weighted by molar-refractivity contribution is 5.40. The largest absolute Gasteiger partial charge is 0.507 e. The molecule has 0 saturated heterocycles. The number of rotatable bonds is 9. The molecule has 29 heavy (non-hydrogen) atoms.